The molecule has 272 valence electrons. The van der Waals surface area contributed by atoms with Crippen LogP contribution in [0, 0.1) is 0 Å². The van der Waals surface area contributed by atoms with E-state index < -0.39 is 0 Å². The first kappa shape index (κ1) is 44.9. The smallest absolute Gasteiger partial charge is 0.0836 e. The summed E-state index contributed by atoms with van der Waals surface area (Å²) in [6.45, 7) is 10.0. The minimum Gasteiger partial charge on any atom is -0.328 e. The summed E-state index contributed by atoms with van der Waals surface area (Å²) in [5.74, 6) is 0. The molecule has 0 rings (SSSR count). The fraction of sp³-hybridized carbons (Fsp3) is 1.00. The van der Waals surface area contributed by atoms with Gasteiger partial charge >= 0.3 is 0 Å². The molecule has 0 aromatic heterocycles. The van der Waals surface area contributed by atoms with Crippen LogP contribution in [-0.2, 0) is 0 Å². The molecular formula is C43H92N2+2. The van der Waals surface area contributed by atoms with Gasteiger partial charge in [0.05, 0.1) is 54.4 Å². The van der Waals surface area contributed by atoms with Crippen LogP contribution in [0.15, 0.2) is 0 Å². The van der Waals surface area contributed by atoms with Crippen molar-refractivity contribution in [3.63, 3.8) is 0 Å². The first-order valence-electron chi connectivity index (χ1n) is 21.5. The molecule has 0 saturated carbocycles. The highest BCUT2D eigenvalue weighted by Crippen LogP contribution is 2.16. The number of hydrogen-bond donors (Lipinski definition) is 0. The van der Waals surface area contributed by atoms with Crippen LogP contribution >= 0.6 is 0 Å². The minimum absolute atomic E-state index is 1.22. The van der Waals surface area contributed by atoms with E-state index in [2.05, 4.69) is 42.0 Å². The maximum Gasteiger partial charge on any atom is 0.0836 e. The summed E-state index contributed by atoms with van der Waals surface area (Å²) in [7, 11) is 9.89. The molecule has 0 unspecified atom stereocenters. The van der Waals surface area contributed by atoms with Gasteiger partial charge in [-0.1, -0.05) is 194 Å². The predicted molar refractivity (Wildman–Crippen MR) is 207 cm³/mol. The second kappa shape index (κ2) is 33.8. The number of nitrogens with zero attached hydrogens (tertiary/aromatic N) is 2. The van der Waals surface area contributed by atoms with Crippen LogP contribution < -0.4 is 0 Å². The molecule has 0 fully saturated rings. The van der Waals surface area contributed by atoms with Gasteiger partial charge in [0.1, 0.15) is 0 Å². The van der Waals surface area contributed by atoms with Gasteiger partial charge < -0.3 is 8.97 Å². The van der Waals surface area contributed by atoms with Crippen LogP contribution in [0.5, 0.6) is 0 Å². The third-order valence-corrected chi connectivity index (χ3v) is 10.8. The molecule has 0 aromatic rings. The summed E-state index contributed by atoms with van der Waals surface area (Å²) in [4.78, 5) is 0. The molecule has 0 aliphatic carbocycles. The highest BCUT2D eigenvalue weighted by molar-refractivity contribution is 4.52. The number of unbranched alkanes of at least 4 members (excludes halogenated alkanes) is 30. The molecule has 0 atom stereocenters. The lowest BCUT2D eigenvalue weighted by atomic mass is 10.0. The Hall–Kier alpha value is -0.0800. The number of hydrogen-bond acceptors (Lipinski definition) is 0. The van der Waals surface area contributed by atoms with Crippen LogP contribution in [0.4, 0.5) is 0 Å². The molecule has 45 heavy (non-hydrogen) atoms. The Kier molecular flexibility index (Phi) is 33.7. The highest BCUT2D eigenvalue weighted by atomic mass is 15.3. The SMILES string of the molecule is CCCCCCCCCCCCCCCCCC[N+](C)(C)CCC[N+](C)(C)CCCCCCCCCCCCCCCCCC. The molecule has 0 aromatic carbocycles. The molecule has 2 heteroatoms. The fourth-order valence-corrected chi connectivity index (χ4v) is 7.33. The van der Waals surface area contributed by atoms with Crippen molar-refractivity contribution in [1.82, 2.24) is 0 Å². The lowest BCUT2D eigenvalue weighted by molar-refractivity contribution is -0.909. The number of rotatable bonds is 38. The third-order valence-electron chi connectivity index (χ3n) is 10.8. The summed E-state index contributed by atoms with van der Waals surface area (Å²) in [6.07, 6.45) is 48.1. The summed E-state index contributed by atoms with van der Waals surface area (Å²) in [5, 5.41) is 0. The monoisotopic (exact) mass is 637 g/mol. The van der Waals surface area contributed by atoms with Crippen molar-refractivity contribution in [2.24, 2.45) is 0 Å². The van der Waals surface area contributed by atoms with Crippen molar-refractivity contribution < 1.29 is 8.97 Å². The van der Waals surface area contributed by atoms with Gasteiger partial charge in [-0.2, -0.15) is 0 Å². The Balaban J connectivity index is 3.49. The van der Waals surface area contributed by atoms with Gasteiger partial charge in [0, 0.05) is 6.42 Å². The van der Waals surface area contributed by atoms with Crippen molar-refractivity contribution >= 4 is 0 Å². The maximum absolute atomic E-state index is 2.47. The Morgan fingerprint density at radius 3 is 0.556 bits per heavy atom. The van der Waals surface area contributed by atoms with E-state index in [0.717, 1.165) is 0 Å². The van der Waals surface area contributed by atoms with E-state index in [1.54, 1.807) is 0 Å². The quantitative estimate of drug-likeness (QED) is 0.0467. The van der Waals surface area contributed by atoms with Crippen LogP contribution in [0.2, 0.25) is 0 Å². The zero-order chi connectivity index (χ0) is 33.2. The van der Waals surface area contributed by atoms with Gasteiger partial charge in [0.15, 0.2) is 0 Å². The molecule has 0 aliphatic heterocycles. The predicted octanol–water partition coefficient (Wildman–Crippen LogP) is 14.1. The van der Waals surface area contributed by atoms with Crippen molar-refractivity contribution in [2.75, 3.05) is 54.4 Å². The number of quaternary nitrogens is 2. The van der Waals surface area contributed by atoms with Crippen molar-refractivity contribution in [1.29, 1.82) is 0 Å². The van der Waals surface area contributed by atoms with E-state index in [1.165, 1.54) is 247 Å². The molecule has 0 amide bonds. The molecule has 0 N–H and O–H groups in total. The highest BCUT2D eigenvalue weighted by Gasteiger charge is 2.19. The van der Waals surface area contributed by atoms with E-state index >= 15 is 0 Å². The van der Waals surface area contributed by atoms with Gasteiger partial charge in [-0.15, -0.1) is 0 Å². The maximum atomic E-state index is 2.47. The van der Waals surface area contributed by atoms with Gasteiger partial charge in [-0.3, -0.25) is 0 Å². The molecule has 0 heterocycles. The minimum atomic E-state index is 1.22. The molecule has 0 radical (unpaired) electrons. The van der Waals surface area contributed by atoms with Crippen molar-refractivity contribution in [3.8, 4) is 0 Å². The molecular weight excluding hydrogens is 544 g/mol. The lowest BCUT2D eigenvalue weighted by Gasteiger charge is -2.33. The summed E-state index contributed by atoms with van der Waals surface area (Å²) in [5.41, 5.74) is 0. The normalized spacial score (nSPS) is 12.4. The van der Waals surface area contributed by atoms with Gasteiger partial charge in [0.25, 0.3) is 0 Å². The van der Waals surface area contributed by atoms with E-state index in [9.17, 15) is 0 Å². The zero-order valence-corrected chi connectivity index (χ0v) is 33.1. The first-order chi connectivity index (χ1) is 21.8. The molecule has 0 spiro atoms. The molecule has 2 nitrogen and oxygen atoms in total. The van der Waals surface area contributed by atoms with Crippen LogP contribution in [0.3, 0.4) is 0 Å². The van der Waals surface area contributed by atoms with Crippen LogP contribution in [0.25, 0.3) is 0 Å². The molecule has 0 aliphatic rings. The summed E-state index contributed by atoms with van der Waals surface area (Å²) in [6, 6.07) is 0. The van der Waals surface area contributed by atoms with Gasteiger partial charge in [-0.25, -0.2) is 0 Å². The van der Waals surface area contributed by atoms with Gasteiger partial charge in [-0.05, 0) is 25.7 Å². The van der Waals surface area contributed by atoms with E-state index in [4.69, 9.17) is 0 Å². The van der Waals surface area contributed by atoms with Crippen molar-refractivity contribution in [2.45, 2.75) is 226 Å². The largest absolute Gasteiger partial charge is 0.328 e. The second-order valence-corrected chi connectivity index (χ2v) is 16.7. The van der Waals surface area contributed by atoms with Gasteiger partial charge in [0.2, 0.25) is 0 Å². The van der Waals surface area contributed by atoms with E-state index in [1.807, 2.05) is 0 Å². The molecule has 0 saturated heterocycles. The van der Waals surface area contributed by atoms with E-state index in [-0.39, 0.29) is 0 Å². The summed E-state index contributed by atoms with van der Waals surface area (Å²) < 4.78 is 2.44. The topological polar surface area (TPSA) is 0 Å². The first-order valence-corrected chi connectivity index (χ1v) is 21.5. The lowest BCUT2D eigenvalue weighted by Crippen LogP contribution is -2.46. The van der Waals surface area contributed by atoms with Crippen LogP contribution in [-0.4, -0.2) is 63.3 Å². The third kappa shape index (κ3) is 36.6. The average Bonchev–Trinajstić information content (AvgIpc) is 3.00. The summed E-state index contributed by atoms with van der Waals surface area (Å²) >= 11 is 0. The Morgan fingerprint density at radius 1 is 0.200 bits per heavy atom. The zero-order valence-electron chi connectivity index (χ0n) is 33.1. The van der Waals surface area contributed by atoms with E-state index in [0.29, 0.717) is 0 Å². The van der Waals surface area contributed by atoms with Crippen molar-refractivity contribution in [3.05, 3.63) is 0 Å². The Labute approximate surface area is 288 Å². The standard InChI is InChI=1S/C43H92N2/c1-7-9-11-13-15-17-19-21-23-25-27-29-31-33-35-37-40-44(3,4)42-39-43-45(5,6)41-38-36-34-32-30-28-26-24-22-20-18-16-14-12-10-8-2/h7-43H2,1-6H3/q+2. The molecule has 0 bridgehead atoms. The fourth-order valence-electron chi connectivity index (χ4n) is 7.33. The average molecular weight is 637 g/mol. The Bertz CT molecular complexity index is 506. The Morgan fingerprint density at radius 2 is 0.356 bits per heavy atom. The van der Waals surface area contributed by atoms with Crippen LogP contribution in [0.1, 0.15) is 226 Å². The second-order valence-electron chi connectivity index (χ2n) is 16.7.